The molecule has 36 heavy (non-hydrogen) atoms. The van der Waals surface area contributed by atoms with Gasteiger partial charge < -0.3 is 9.09 Å². The Kier molecular flexibility index (Phi) is 7.49. The Bertz CT molecular complexity index is 1350. The summed E-state index contributed by atoms with van der Waals surface area (Å²) in [5, 5.41) is 13.6. The smallest absolute Gasteiger partial charge is 0.361 e. The molecule has 4 aromatic rings. The number of nitrogens with one attached hydrogen (secondary N) is 1. The van der Waals surface area contributed by atoms with Crippen LogP contribution in [0.1, 0.15) is 53.8 Å². The summed E-state index contributed by atoms with van der Waals surface area (Å²) in [6.45, 7) is 4.43. The van der Waals surface area contributed by atoms with Crippen LogP contribution < -0.4 is 5.48 Å². The van der Waals surface area contributed by atoms with Crippen LogP contribution in [0.15, 0.2) is 53.2 Å². The van der Waals surface area contributed by atoms with Gasteiger partial charge in [0.1, 0.15) is 5.76 Å². The Labute approximate surface area is 206 Å². The van der Waals surface area contributed by atoms with Gasteiger partial charge in [-0.05, 0) is 68.0 Å². The van der Waals surface area contributed by atoms with Crippen molar-refractivity contribution in [3.8, 4) is 11.1 Å². The Morgan fingerprint density at radius 2 is 1.92 bits per heavy atom. The fourth-order valence-corrected chi connectivity index (χ4v) is 4.63. The molecule has 0 saturated carbocycles. The zero-order chi connectivity index (χ0) is 25.9. The number of hydroxylamine groups is 1. The molecule has 0 atom stereocenters. The lowest BCUT2D eigenvalue weighted by Crippen LogP contribution is -2.17. The maximum atomic E-state index is 13.3. The van der Waals surface area contributed by atoms with Gasteiger partial charge in [0.25, 0.3) is 0 Å². The van der Waals surface area contributed by atoms with Crippen LogP contribution in [0.4, 0.5) is 13.2 Å². The SMILES string of the molecule is Cc1noc(C)c1-c1ccc2c(c1)c(Cc1cccc(C(F)(F)F)c1)cn2CCCCCC(=O)NO. The summed E-state index contributed by atoms with van der Waals surface area (Å²) < 4.78 is 47.2. The van der Waals surface area contributed by atoms with Gasteiger partial charge in [-0.1, -0.05) is 35.8 Å². The highest BCUT2D eigenvalue weighted by molar-refractivity contribution is 5.89. The Balaban J connectivity index is 1.66. The van der Waals surface area contributed by atoms with Gasteiger partial charge in [0.05, 0.1) is 11.3 Å². The Morgan fingerprint density at radius 1 is 1.11 bits per heavy atom. The molecule has 0 aliphatic carbocycles. The monoisotopic (exact) mass is 499 g/mol. The molecule has 2 aromatic carbocycles. The molecule has 0 fully saturated rings. The molecule has 2 N–H and O–H groups in total. The summed E-state index contributed by atoms with van der Waals surface area (Å²) >= 11 is 0. The van der Waals surface area contributed by atoms with E-state index < -0.39 is 17.6 Å². The van der Waals surface area contributed by atoms with Crippen LogP contribution in [0, 0.1) is 13.8 Å². The second kappa shape index (κ2) is 10.6. The summed E-state index contributed by atoms with van der Waals surface area (Å²) in [5.74, 6) is 0.300. The van der Waals surface area contributed by atoms with E-state index in [2.05, 4.69) is 9.72 Å². The molecule has 4 rings (SSSR count). The van der Waals surface area contributed by atoms with E-state index in [-0.39, 0.29) is 6.42 Å². The first-order valence-electron chi connectivity index (χ1n) is 11.8. The Hall–Kier alpha value is -3.59. The third kappa shape index (κ3) is 5.62. The molecule has 9 heteroatoms. The molecule has 6 nitrogen and oxygen atoms in total. The highest BCUT2D eigenvalue weighted by Gasteiger charge is 2.30. The summed E-state index contributed by atoms with van der Waals surface area (Å²) in [6.07, 6.45) is 0.485. The number of hydrogen-bond donors (Lipinski definition) is 2. The van der Waals surface area contributed by atoms with Gasteiger partial charge in [-0.3, -0.25) is 10.0 Å². The standard InChI is InChI=1S/C27H28F3N3O3/c1-17-26(18(2)36-32-17)20-10-11-24-23(15-20)21(13-19-7-6-8-22(14-19)27(28,29)30)16-33(24)12-5-3-4-9-25(34)31-35/h6-8,10-11,14-16,35H,3-5,9,12-13H2,1-2H3,(H,31,34). The third-order valence-electron chi connectivity index (χ3n) is 6.36. The maximum Gasteiger partial charge on any atom is 0.416 e. The highest BCUT2D eigenvalue weighted by atomic mass is 19.4. The molecule has 2 heterocycles. The van der Waals surface area contributed by atoms with E-state index in [0.29, 0.717) is 30.7 Å². The van der Waals surface area contributed by atoms with Gasteiger partial charge in [-0.15, -0.1) is 0 Å². The van der Waals surface area contributed by atoms with Gasteiger partial charge in [-0.25, -0.2) is 5.48 Å². The quantitative estimate of drug-likeness (QED) is 0.155. The number of aryl methyl sites for hydroxylation is 3. The van der Waals surface area contributed by atoms with Crippen LogP contribution in [0.5, 0.6) is 0 Å². The van der Waals surface area contributed by atoms with Crippen LogP contribution in [-0.4, -0.2) is 20.8 Å². The van der Waals surface area contributed by atoms with Crippen molar-refractivity contribution in [1.82, 2.24) is 15.2 Å². The first kappa shape index (κ1) is 25.5. The van der Waals surface area contributed by atoms with E-state index in [0.717, 1.165) is 52.2 Å². The lowest BCUT2D eigenvalue weighted by atomic mass is 9.98. The van der Waals surface area contributed by atoms with Crippen LogP contribution in [0.25, 0.3) is 22.0 Å². The van der Waals surface area contributed by atoms with E-state index >= 15 is 0 Å². The average Bonchev–Trinajstić information content (AvgIpc) is 3.36. The number of aromatic nitrogens is 2. The fourth-order valence-electron chi connectivity index (χ4n) is 4.63. The van der Waals surface area contributed by atoms with Crippen molar-refractivity contribution in [3.63, 3.8) is 0 Å². The van der Waals surface area contributed by atoms with Gasteiger partial charge in [0.2, 0.25) is 5.91 Å². The van der Waals surface area contributed by atoms with Crippen LogP contribution >= 0.6 is 0 Å². The number of nitrogens with zero attached hydrogens (tertiary/aromatic N) is 2. The minimum atomic E-state index is -4.40. The minimum Gasteiger partial charge on any atom is -0.361 e. The van der Waals surface area contributed by atoms with Crippen molar-refractivity contribution < 1.29 is 27.7 Å². The molecule has 0 aliphatic heterocycles. The van der Waals surface area contributed by atoms with Crippen LogP contribution in [0.2, 0.25) is 0 Å². The minimum absolute atomic E-state index is 0.254. The van der Waals surface area contributed by atoms with E-state index in [9.17, 15) is 18.0 Å². The number of amides is 1. The van der Waals surface area contributed by atoms with Crippen LogP contribution in [-0.2, 0) is 23.9 Å². The van der Waals surface area contributed by atoms with Crippen molar-refractivity contribution >= 4 is 16.8 Å². The van der Waals surface area contributed by atoms with E-state index in [1.54, 1.807) is 11.5 Å². The summed E-state index contributed by atoms with van der Waals surface area (Å²) in [7, 11) is 0. The number of fused-ring (bicyclic) bond motifs is 1. The number of benzene rings is 2. The molecule has 0 bridgehead atoms. The number of rotatable bonds is 9. The van der Waals surface area contributed by atoms with Crippen molar-refractivity contribution in [2.75, 3.05) is 0 Å². The zero-order valence-electron chi connectivity index (χ0n) is 20.2. The second-order valence-corrected chi connectivity index (χ2v) is 9.00. The molecule has 2 aromatic heterocycles. The summed E-state index contributed by atoms with van der Waals surface area (Å²) in [5.41, 5.74) is 6.11. The second-order valence-electron chi connectivity index (χ2n) is 9.00. The molecular weight excluding hydrogens is 471 g/mol. The molecule has 0 aliphatic rings. The molecule has 0 unspecified atom stereocenters. The fraction of sp³-hybridized carbons (Fsp3) is 0.333. The van der Waals surface area contributed by atoms with Crippen LogP contribution in [0.3, 0.4) is 0 Å². The number of alkyl halides is 3. The third-order valence-corrected chi connectivity index (χ3v) is 6.36. The van der Waals surface area contributed by atoms with E-state index in [1.165, 1.54) is 12.1 Å². The topological polar surface area (TPSA) is 80.3 Å². The molecule has 1 amide bonds. The van der Waals surface area contributed by atoms with Crippen molar-refractivity contribution in [3.05, 3.63) is 76.8 Å². The van der Waals surface area contributed by atoms with Crippen molar-refractivity contribution in [1.29, 1.82) is 0 Å². The molecule has 0 saturated heterocycles. The number of hydrogen-bond acceptors (Lipinski definition) is 4. The molecule has 0 radical (unpaired) electrons. The average molecular weight is 500 g/mol. The number of unbranched alkanes of at least 4 members (excludes halogenated alkanes) is 2. The number of halogens is 3. The van der Waals surface area contributed by atoms with E-state index in [1.807, 2.05) is 38.2 Å². The normalized spacial score (nSPS) is 11.8. The number of carbonyl (C=O) groups excluding carboxylic acids is 1. The highest BCUT2D eigenvalue weighted by Crippen LogP contribution is 2.34. The largest absolute Gasteiger partial charge is 0.416 e. The van der Waals surface area contributed by atoms with Crippen molar-refractivity contribution in [2.24, 2.45) is 0 Å². The zero-order valence-corrected chi connectivity index (χ0v) is 20.2. The predicted octanol–water partition coefficient (Wildman–Crippen LogP) is 6.59. The van der Waals surface area contributed by atoms with Gasteiger partial charge in [0.15, 0.2) is 0 Å². The summed E-state index contributed by atoms with van der Waals surface area (Å²) in [6, 6.07) is 11.5. The molecule has 190 valence electrons. The summed E-state index contributed by atoms with van der Waals surface area (Å²) in [4.78, 5) is 11.2. The predicted molar refractivity (Wildman–Crippen MR) is 130 cm³/mol. The Morgan fingerprint density at radius 3 is 2.61 bits per heavy atom. The van der Waals surface area contributed by atoms with E-state index in [4.69, 9.17) is 9.73 Å². The van der Waals surface area contributed by atoms with Crippen molar-refractivity contribution in [2.45, 2.75) is 58.7 Å². The first-order valence-corrected chi connectivity index (χ1v) is 11.8. The molecular formula is C27H28F3N3O3. The van der Waals surface area contributed by atoms with Gasteiger partial charge in [-0.2, -0.15) is 13.2 Å². The lowest BCUT2D eigenvalue weighted by molar-refractivity contribution is -0.137. The van der Waals surface area contributed by atoms with Gasteiger partial charge in [0, 0.05) is 35.6 Å². The van der Waals surface area contributed by atoms with Gasteiger partial charge >= 0.3 is 6.18 Å². The maximum absolute atomic E-state index is 13.3. The lowest BCUT2D eigenvalue weighted by Gasteiger charge is -2.08. The number of carbonyl (C=O) groups is 1. The first-order chi connectivity index (χ1) is 17.2. The molecule has 0 spiro atoms.